The molecule has 0 radical (unpaired) electrons. The van der Waals surface area contributed by atoms with Crippen LogP contribution in [0.1, 0.15) is 117 Å². The van der Waals surface area contributed by atoms with Crippen molar-refractivity contribution in [3.63, 3.8) is 0 Å². The number of hydrogen-bond acceptors (Lipinski definition) is 13. The van der Waals surface area contributed by atoms with E-state index in [4.69, 9.17) is 9.47 Å². The smallest absolute Gasteiger partial charge is 0.293 e. The van der Waals surface area contributed by atoms with Gasteiger partial charge in [-0.1, -0.05) is 50.2 Å². The van der Waals surface area contributed by atoms with Gasteiger partial charge in [-0.15, -0.1) is 0 Å². The number of methoxy groups -OCH3 is 1. The number of aromatic amines is 1. The fraction of sp³-hybridized carbons (Fsp3) is 0.448. The highest BCUT2D eigenvalue weighted by atomic mass is 32.2. The number of sulfonamides is 1. The van der Waals surface area contributed by atoms with Crippen molar-refractivity contribution in [1.29, 1.82) is 0 Å². The SMILES string of the molecule is COc1cc(CN2CCN(C3CC4(CCN(c5cc(Oc6cnc7[nH]ccc7c6)c(C(=O)NS(=O)(=O)c6ccc(NCC7CCC(C)(O)CC7)c([N+](=O)[O-])c6)cc5F)CC4)C3)[C@H](c3ccccc3C(C)C)C2)ccc1C. The average molecular weight is 1060 g/mol. The van der Waals surface area contributed by atoms with Gasteiger partial charge in [0.2, 0.25) is 0 Å². The van der Waals surface area contributed by atoms with E-state index < -0.39 is 42.9 Å². The van der Waals surface area contributed by atoms with Crippen LogP contribution < -0.4 is 24.4 Å². The first-order valence-electron chi connectivity index (χ1n) is 26.6. The number of piperazine rings is 1. The number of nitrogens with one attached hydrogen (secondary N) is 3. The molecule has 16 nitrogen and oxygen atoms in total. The van der Waals surface area contributed by atoms with Gasteiger partial charge in [0.15, 0.2) is 0 Å². The summed E-state index contributed by atoms with van der Waals surface area (Å²) in [7, 11) is -3.00. The Hall–Kier alpha value is -6.60. The van der Waals surface area contributed by atoms with Gasteiger partial charge in [0.25, 0.3) is 21.6 Å². The third kappa shape index (κ3) is 11.3. The van der Waals surface area contributed by atoms with Gasteiger partial charge in [-0.05, 0) is 141 Å². The molecule has 2 aliphatic heterocycles. The van der Waals surface area contributed by atoms with E-state index in [2.05, 4.69) is 88.3 Å². The van der Waals surface area contributed by atoms with Crippen molar-refractivity contribution in [2.45, 2.75) is 114 Å². The van der Waals surface area contributed by atoms with E-state index >= 15 is 4.39 Å². The number of aromatic nitrogens is 2. The monoisotopic (exact) mass is 1060 g/mol. The molecule has 1 amide bonds. The molecule has 2 saturated heterocycles. The van der Waals surface area contributed by atoms with E-state index in [-0.39, 0.29) is 45.8 Å². The summed E-state index contributed by atoms with van der Waals surface area (Å²) >= 11 is 0. The van der Waals surface area contributed by atoms with Crippen LogP contribution in [0, 0.1) is 34.2 Å². The number of pyridine rings is 1. The minimum atomic E-state index is -4.73. The Labute approximate surface area is 444 Å². The number of carbonyl (C=O) groups excluding carboxylic acids is 1. The molecular weight excluding hydrogens is 988 g/mol. The first kappa shape index (κ1) is 52.8. The maximum atomic E-state index is 16.6. The summed E-state index contributed by atoms with van der Waals surface area (Å²) in [6.07, 6.45) is 9.65. The molecule has 0 unspecified atom stereocenters. The van der Waals surface area contributed by atoms with Crippen molar-refractivity contribution in [3.05, 3.63) is 141 Å². The van der Waals surface area contributed by atoms with E-state index in [9.17, 15) is 28.4 Å². The highest BCUT2D eigenvalue weighted by molar-refractivity contribution is 7.90. The van der Waals surface area contributed by atoms with Gasteiger partial charge < -0.3 is 29.8 Å². The van der Waals surface area contributed by atoms with Gasteiger partial charge in [-0.2, -0.15) is 0 Å². The number of benzene rings is 4. The standard InChI is InChI=1S/C58H69FN8O8S/c1-37(2)45-8-6-7-9-46(45)52-36-64(35-40-11-10-38(3)53(26-40)74-5)24-25-66(52)42-31-58(32-42)19-22-65(23-20-58)50-30-54(75-43-27-41-16-21-60-55(41)62-34-43)47(29-48(50)59)56(68)63-76(72,73)44-12-13-49(51(28-44)67(70)71)61-33-39-14-17-57(4,69)18-15-39/h6-13,16,21,26-30,34,37,39,42,52,61,69H,14-15,17-20,22-25,31-33,35-36H2,1-5H3,(H,60,62)(H,63,68)/t39?,52-,57?/m0/s1. The van der Waals surface area contributed by atoms with Crippen LogP contribution in [0.4, 0.5) is 21.5 Å². The molecule has 1 atom stereocenters. The number of nitro benzene ring substituents is 1. The second kappa shape index (κ2) is 21.4. The van der Waals surface area contributed by atoms with Crippen LogP contribution in [-0.4, -0.2) is 102 Å². The molecule has 6 aromatic rings. The number of carbonyl (C=O) groups is 1. The van der Waals surface area contributed by atoms with Crippen LogP contribution in [0.2, 0.25) is 0 Å². The number of hydrogen-bond donors (Lipinski definition) is 4. The van der Waals surface area contributed by atoms with Crippen molar-refractivity contribution in [1.82, 2.24) is 24.5 Å². The molecule has 76 heavy (non-hydrogen) atoms. The number of fused-ring (bicyclic) bond motifs is 1. The van der Waals surface area contributed by atoms with E-state index in [0.29, 0.717) is 50.1 Å². The Bertz CT molecular complexity index is 3230. The third-order valence-electron chi connectivity index (χ3n) is 16.7. The van der Waals surface area contributed by atoms with Crippen LogP contribution >= 0.6 is 0 Å². The lowest BCUT2D eigenvalue weighted by Crippen LogP contribution is -2.60. The summed E-state index contributed by atoms with van der Waals surface area (Å²) in [5.41, 5.74) is 4.56. The molecule has 4 N–H and O–H groups in total. The number of rotatable bonds is 16. The molecule has 2 aromatic heterocycles. The first-order chi connectivity index (χ1) is 36.4. The predicted octanol–water partition coefficient (Wildman–Crippen LogP) is 10.6. The van der Waals surface area contributed by atoms with Crippen LogP contribution in [0.5, 0.6) is 17.2 Å². The number of ether oxygens (including phenoxy) is 2. The Kier molecular flexibility index (Phi) is 14.9. The quantitative estimate of drug-likeness (QED) is 0.0529. The molecular formula is C58H69FN8O8S. The Morgan fingerprint density at radius 1 is 0.974 bits per heavy atom. The zero-order valence-corrected chi connectivity index (χ0v) is 44.8. The number of nitro groups is 1. The lowest BCUT2D eigenvalue weighted by atomic mass is 9.59. The van der Waals surface area contributed by atoms with E-state index in [0.717, 1.165) is 93.5 Å². The number of anilines is 2. The topological polar surface area (TPSA) is 195 Å². The number of amides is 1. The normalized spacial score (nSPS) is 21.4. The molecule has 4 aromatic carbocycles. The van der Waals surface area contributed by atoms with E-state index in [1.165, 1.54) is 41.1 Å². The average Bonchev–Trinajstić information content (AvgIpc) is 3.88. The second-order valence-corrected chi connectivity index (χ2v) is 24.0. The minimum Gasteiger partial charge on any atom is -0.496 e. The summed E-state index contributed by atoms with van der Waals surface area (Å²) in [5, 5.41) is 26.4. The van der Waals surface area contributed by atoms with Crippen LogP contribution in [-0.2, 0) is 16.6 Å². The largest absolute Gasteiger partial charge is 0.496 e. The molecule has 4 aliphatic rings. The number of H-pyrrole nitrogens is 1. The molecule has 10 rings (SSSR count). The van der Waals surface area contributed by atoms with Crippen molar-refractivity contribution < 1.29 is 37.1 Å². The minimum absolute atomic E-state index is 0.0899. The zero-order valence-electron chi connectivity index (χ0n) is 44.0. The maximum absolute atomic E-state index is 16.6. The molecule has 0 bridgehead atoms. The lowest BCUT2D eigenvalue weighted by molar-refractivity contribution is -0.384. The van der Waals surface area contributed by atoms with Crippen LogP contribution in [0.3, 0.4) is 0 Å². The molecule has 1 spiro atoms. The summed E-state index contributed by atoms with van der Waals surface area (Å²) in [6.45, 7) is 13.6. The first-order valence-corrected chi connectivity index (χ1v) is 28.1. The zero-order chi connectivity index (χ0) is 53.5. The van der Waals surface area contributed by atoms with Gasteiger partial charge in [0.1, 0.15) is 34.4 Å². The number of nitrogens with zero attached hydrogens (tertiary/aromatic N) is 5. The van der Waals surface area contributed by atoms with Crippen LogP contribution in [0.25, 0.3) is 11.0 Å². The Morgan fingerprint density at radius 2 is 1.74 bits per heavy atom. The summed E-state index contributed by atoms with van der Waals surface area (Å²) < 4.78 is 58.3. The third-order valence-corrected chi connectivity index (χ3v) is 18.0. The van der Waals surface area contributed by atoms with E-state index in [1.807, 2.05) is 9.62 Å². The maximum Gasteiger partial charge on any atom is 0.293 e. The second-order valence-electron chi connectivity index (χ2n) is 22.3. The van der Waals surface area contributed by atoms with Crippen molar-refractivity contribution in [3.8, 4) is 17.2 Å². The van der Waals surface area contributed by atoms with Crippen LogP contribution in [0.15, 0.2) is 102 Å². The molecule has 4 fully saturated rings. The fourth-order valence-electron chi connectivity index (χ4n) is 12.2. The summed E-state index contributed by atoms with van der Waals surface area (Å²) in [5.74, 6) is -0.305. The number of aryl methyl sites for hydroxylation is 1. The Balaban J connectivity index is 0.846. The van der Waals surface area contributed by atoms with Gasteiger partial charge in [-0.25, -0.2) is 22.5 Å². The highest BCUT2D eigenvalue weighted by Gasteiger charge is 2.50. The summed E-state index contributed by atoms with van der Waals surface area (Å²) in [4.78, 5) is 39.9. The van der Waals surface area contributed by atoms with Gasteiger partial charge in [0.05, 0.1) is 40.0 Å². The number of aliphatic hydroxyl groups is 1. The van der Waals surface area contributed by atoms with E-state index in [1.54, 1.807) is 32.4 Å². The van der Waals surface area contributed by atoms with Crippen molar-refractivity contribution >= 4 is 44.0 Å². The van der Waals surface area contributed by atoms with Crippen molar-refractivity contribution in [2.75, 3.05) is 56.6 Å². The lowest BCUT2D eigenvalue weighted by Gasteiger charge is -2.58. The van der Waals surface area contributed by atoms with Crippen molar-refractivity contribution in [2.24, 2.45) is 11.3 Å². The van der Waals surface area contributed by atoms with Gasteiger partial charge in [-0.3, -0.25) is 24.7 Å². The molecule has 2 aliphatic carbocycles. The van der Waals surface area contributed by atoms with Gasteiger partial charge in [0, 0.05) is 81.6 Å². The van der Waals surface area contributed by atoms with Gasteiger partial charge >= 0.3 is 0 Å². The Morgan fingerprint density at radius 3 is 2.47 bits per heavy atom. The predicted molar refractivity (Wildman–Crippen MR) is 291 cm³/mol. The number of halogens is 1. The fourth-order valence-corrected chi connectivity index (χ4v) is 13.2. The molecule has 2 saturated carbocycles. The molecule has 402 valence electrons. The summed E-state index contributed by atoms with van der Waals surface area (Å²) in [6, 6.07) is 25.3. The molecule has 4 heterocycles. The molecule has 18 heteroatoms. The highest BCUT2D eigenvalue weighted by Crippen LogP contribution is 2.54. The number of piperidine rings is 1.